The van der Waals surface area contributed by atoms with Crippen LogP contribution in [0.2, 0.25) is 0 Å². The van der Waals surface area contributed by atoms with Crippen molar-refractivity contribution < 1.29 is 4.42 Å². The van der Waals surface area contributed by atoms with E-state index in [1.807, 2.05) is 7.05 Å². The highest BCUT2D eigenvalue weighted by molar-refractivity contribution is 5.30. The number of nitrogens with one attached hydrogen (secondary N) is 2. The molecule has 1 aromatic rings. The Morgan fingerprint density at radius 2 is 1.81 bits per heavy atom. The van der Waals surface area contributed by atoms with Gasteiger partial charge in [-0.1, -0.05) is 18.9 Å². The zero-order valence-corrected chi connectivity index (χ0v) is 13.3. The molecule has 0 saturated heterocycles. The van der Waals surface area contributed by atoms with Crippen LogP contribution in [-0.2, 0) is 6.54 Å². The lowest BCUT2D eigenvalue weighted by Crippen LogP contribution is -2.61. The van der Waals surface area contributed by atoms with E-state index in [4.69, 9.17) is 4.42 Å². The molecule has 2 atom stereocenters. The summed E-state index contributed by atoms with van der Waals surface area (Å²) in [7, 11) is 1.89. The molecule has 5 nitrogen and oxygen atoms in total. The Hall–Kier alpha value is -1.10. The summed E-state index contributed by atoms with van der Waals surface area (Å²) < 4.78 is 5.73. The number of anilines is 1. The normalized spacial score (nSPS) is 44.2. The average molecular weight is 290 g/mol. The molecule has 4 aliphatic carbocycles. The third-order valence-corrected chi connectivity index (χ3v) is 5.79. The van der Waals surface area contributed by atoms with Crippen molar-refractivity contribution in [2.24, 2.45) is 16.7 Å². The maximum Gasteiger partial charge on any atom is 0.315 e. The summed E-state index contributed by atoms with van der Waals surface area (Å²) in [6.07, 6.45) is 7.95. The van der Waals surface area contributed by atoms with Gasteiger partial charge in [-0.05, 0) is 62.3 Å². The van der Waals surface area contributed by atoms with Crippen LogP contribution in [0, 0.1) is 16.7 Å². The van der Waals surface area contributed by atoms with E-state index >= 15 is 0 Å². The van der Waals surface area contributed by atoms with E-state index in [0.29, 0.717) is 29.3 Å². The smallest absolute Gasteiger partial charge is 0.315 e. The van der Waals surface area contributed by atoms with Crippen molar-refractivity contribution in [3.05, 3.63) is 5.89 Å². The van der Waals surface area contributed by atoms with Gasteiger partial charge in [0.15, 0.2) is 0 Å². The molecule has 0 amide bonds. The molecule has 2 unspecified atom stereocenters. The molecule has 0 aromatic carbocycles. The Balaban J connectivity index is 1.59. The molecule has 5 rings (SSSR count). The highest BCUT2D eigenvalue weighted by Gasteiger charge is 2.60. The first-order chi connectivity index (χ1) is 9.92. The minimum Gasteiger partial charge on any atom is -0.407 e. The first-order valence-electron chi connectivity index (χ1n) is 8.17. The summed E-state index contributed by atoms with van der Waals surface area (Å²) in [5.41, 5.74) is 1.16. The van der Waals surface area contributed by atoms with Gasteiger partial charge in [0, 0.05) is 5.54 Å². The van der Waals surface area contributed by atoms with Gasteiger partial charge in [-0.3, -0.25) is 0 Å². The van der Waals surface area contributed by atoms with Gasteiger partial charge < -0.3 is 15.1 Å². The number of hydrogen-bond donors (Lipinski definition) is 2. The minimum absolute atomic E-state index is 0.173. The minimum atomic E-state index is 0.173. The van der Waals surface area contributed by atoms with Crippen LogP contribution in [0.1, 0.15) is 58.3 Å². The highest BCUT2D eigenvalue weighted by Crippen LogP contribution is 2.66. The maximum atomic E-state index is 5.73. The molecular formula is C16H26N4O. The van der Waals surface area contributed by atoms with E-state index in [1.54, 1.807) is 0 Å². The van der Waals surface area contributed by atoms with Gasteiger partial charge in [0.1, 0.15) is 0 Å². The molecule has 4 bridgehead atoms. The zero-order valence-electron chi connectivity index (χ0n) is 13.3. The Morgan fingerprint density at radius 1 is 1.10 bits per heavy atom. The fourth-order valence-corrected chi connectivity index (χ4v) is 6.34. The molecule has 1 aromatic heterocycles. The summed E-state index contributed by atoms with van der Waals surface area (Å²) in [5.74, 6) is 1.52. The Labute approximate surface area is 126 Å². The van der Waals surface area contributed by atoms with Gasteiger partial charge in [-0.2, -0.15) is 0 Å². The van der Waals surface area contributed by atoms with Gasteiger partial charge in [0.05, 0.1) is 6.54 Å². The van der Waals surface area contributed by atoms with E-state index in [1.165, 1.54) is 38.5 Å². The fraction of sp³-hybridized carbons (Fsp3) is 0.875. The molecule has 1 heterocycles. The Kier molecular flexibility index (Phi) is 2.72. The fourth-order valence-electron chi connectivity index (χ4n) is 6.34. The molecule has 4 saturated carbocycles. The summed E-state index contributed by atoms with van der Waals surface area (Å²) >= 11 is 0. The quantitative estimate of drug-likeness (QED) is 0.892. The number of rotatable bonds is 4. The molecule has 4 aliphatic rings. The molecular weight excluding hydrogens is 264 g/mol. The zero-order chi connectivity index (χ0) is 14.7. The van der Waals surface area contributed by atoms with Gasteiger partial charge in [0.25, 0.3) is 0 Å². The molecule has 4 fully saturated rings. The summed E-state index contributed by atoms with van der Waals surface area (Å²) in [6.45, 7) is 5.58. The SMILES string of the molecule is CNCc1nnc(NC23CC4CC(C)(CC(C)(C4)C2)C3)o1. The van der Waals surface area contributed by atoms with Crippen molar-refractivity contribution in [3.63, 3.8) is 0 Å². The van der Waals surface area contributed by atoms with E-state index in [9.17, 15) is 0 Å². The van der Waals surface area contributed by atoms with Gasteiger partial charge in [-0.15, -0.1) is 5.10 Å². The molecule has 2 N–H and O–H groups in total. The van der Waals surface area contributed by atoms with Crippen LogP contribution in [0.4, 0.5) is 6.01 Å². The Bertz CT molecular complexity index is 536. The van der Waals surface area contributed by atoms with Crippen molar-refractivity contribution in [1.82, 2.24) is 15.5 Å². The van der Waals surface area contributed by atoms with Gasteiger partial charge in [-0.25, -0.2) is 0 Å². The van der Waals surface area contributed by atoms with Crippen LogP contribution in [0.3, 0.4) is 0 Å². The lowest BCUT2D eigenvalue weighted by atomic mass is 9.43. The first kappa shape index (κ1) is 13.6. The van der Waals surface area contributed by atoms with E-state index in [0.717, 1.165) is 5.92 Å². The molecule has 5 heteroatoms. The van der Waals surface area contributed by atoms with Crippen LogP contribution in [0.15, 0.2) is 4.42 Å². The number of aromatic nitrogens is 2. The second-order valence-corrected chi connectivity index (χ2v) is 8.57. The molecule has 0 spiro atoms. The van der Waals surface area contributed by atoms with Crippen molar-refractivity contribution in [2.75, 3.05) is 12.4 Å². The van der Waals surface area contributed by atoms with Crippen molar-refractivity contribution in [3.8, 4) is 0 Å². The largest absolute Gasteiger partial charge is 0.407 e. The second kappa shape index (κ2) is 4.22. The predicted molar refractivity (Wildman–Crippen MR) is 80.8 cm³/mol. The Morgan fingerprint density at radius 3 is 2.43 bits per heavy atom. The van der Waals surface area contributed by atoms with Gasteiger partial charge >= 0.3 is 6.01 Å². The van der Waals surface area contributed by atoms with E-state index in [-0.39, 0.29) is 5.54 Å². The summed E-state index contributed by atoms with van der Waals surface area (Å²) in [4.78, 5) is 0. The molecule has 0 aliphatic heterocycles. The lowest BCUT2D eigenvalue weighted by molar-refractivity contribution is -0.0978. The number of nitrogens with zero attached hydrogens (tertiary/aromatic N) is 2. The summed E-state index contributed by atoms with van der Waals surface area (Å²) in [5, 5.41) is 15.0. The topological polar surface area (TPSA) is 63.0 Å². The standard InChI is InChI=1S/C16H26N4O/c1-14-4-11-5-15(2,8-14)10-16(6-11,9-14)18-13-20-19-12(21-13)7-17-3/h11,17H,4-10H2,1-3H3,(H,18,20). The van der Waals surface area contributed by atoms with Crippen LogP contribution in [0.5, 0.6) is 0 Å². The molecule has 0 radical (unpaired) electrons. The highest BCUT2D eigenvalue weighted by atomic mass is 16.4. The third kappa shape index (κ3) is 2.26. The van der Waals surface area contributed by atoms with Crippen molar-refractivity contribution in [2.45, 2.75) is 64.5 Å². The van der Waals surface area contributed by atoms with Crippen LogP contribution >= 0.6 is 0 Å². The first-order valence-corrected chi connectivity index (χ1v) is 8.17. The monoisotopic (exact) mass is 290 g/mol. The molecule has 21 heavy (non-hydrogen) atoms. The van der Waals surface area contributed by atoms with Crippen LogP contribution in [-0.4, -0.2) is 22.8 Å². The maximum absolute atomic E-state index is 5.73. The van der Waals surface area contributed by atoms with Gasteiger partial charge in [0.2, 0.25) is 5.89 Å². The third-order valence-electron chi connectivity index (χ3n) is 5.79. The van der Waals surface area contributed by atoms with Crippen molar-refractivity contribution >= 4 is 6.01 Å². The van der Waals surface area contributed by atoms with Crippen LogP contribution < -0.4 is 10.6 Å². The second-order valence-electron chi connectivity index (χ2n) is 8.57. The molecule has 116 valence electrons. The predicted octanol–water partition coefficient (Wildman–Crippen LogP) is 2.95. The summed E-state index contributed by atoms with van der Waals surface area (Å²) in [6, 6.07) is 0.606. The lowest BCUT2D eigenvalue weighted by Gasteiger charge is -2.65. The van der Waals surface area contributed by atoms with Crippen molar-refractivity contribution in [1.29, 1.82) is 0 Å². The van der Waals surface area contributed by atoms with E-state index < -0.39 is 0 Å². The number of hydrogen-bond acceptors (Lipinski definition) is 5. The average Bonchev–Trinajstić information content (AvgIpc) is 2.71. The van der Waals surface area contributed by atoms with Crippen LogP contribution in [0.25, 0.3) is 0 Å². The van der Waals surface area contributed by atoms with E-state index in [2.05, 4.69) is 34.7 Å².